The molecule has 3 rings (SSSR count). The second kappa shape index (κ2) is 4.00. The van der Waals surface area contributed by atoms with Crippen LogP contribution in [0.5, 0.6) is 0 Å². The summed E-state index contributed by atoms with van der Waals surface area (Å²) < 4.78 is 0. The standard InChI is InChI=1S/C11H13N5/c1-2-4-16(5-3-1)11-13-7-9-10(15-11)6-12-8-14-9/h6-8H,1-5H2. The first kappa shape index (κ1) is 9.45. The van der Waals surface area contributed by atoms with Crippen molar-refractivity contribution in [3.8, 4) is 0 Å². The average molecular weight is 215 g/mol. The molecule has 5 nitrogen and oxygen atoms in total. The highest BCUT2D eigenvalue weighted by Crippen LogP contribution is 2.17. The Balaban J connectivity index is 1.97. The molecule has 0 N–H and O–H groups in total. The Morgan fingerprint density at radius 1 is 0.938 bits per heavy atom. The first-order chi connectivity index (χ1) is 7.93. The molecule has 0 bridgehead atoms. The van der Waals surface area contributed by atoms with Crippen LogP contribution in [0.4, 0.5) is 5.95 Å². The summed E-state index contributed by atoms with van der Waals surface area (Å²) in [6.45, 7) is 2.11. The third-order valence-electron chi connectivity index (χ3n) is 2.88. The molecular weight excluding hydrogens is 202 g/mol. The Hall–Kier alpha value is -1.78. The van der Waals surface area contributed by atoms with E-state index in [2.05, 4.69) is 24.8 Å². The highest BCUT2D eigenvalue weighted by molar-refractivity contribution is 5.72. The summed E-state index contributed by atoms with van der Waals surface area (Å²) in [5.74, 6) is 0.807. The van der Waals surface area contributed by atoms with E-state index in [9.17, 15) is 0 Å². The van der Waals surface area contributed by atoms with Crippen LogP contribution >= 0.6 is 0 Å². The van der Waals surface area contributed by atoms with E-state index in [1.54, 1.807) is 12.4 Å². The van der Waals surface area contributed by atoms with Crippen molar-refractivity contribution >= 4 is 17.0 Å². The monoisotopic (exact) mass is 215 g/mol. The normalized spacial score (nSPS) is 16.6. The number of nitrogens with zero attached hydrogens (tertiary/aromatic N) is 5. The second-order valence-electron chi connectivity index (χ2n) is 4.01. The van der Waals surface area contributed by atoms with Gasteiger partial charge in [0.1, 0.15) is 17.4 Å². The van der Waals surface area contributed by atoms with Gasteiger partial charge in [-0.1, -0.05) is 0 Å². The lowest BCUT2D eigenvalue weighted by atomic mass is 10.1. The minimum absolute atomic E-state index is 0.802. The minimum atomic E-state index is 0.802. The zero-order valence-electron chi connectivity index (χ0n) is 9.00. The number of hydrogen-bond donors (Lipinski definition) is 0. The lowest BCUT2D eigenvalue weighted by Crippen LogP contribution is -2.30. The van der Waals surface area contributed by atoms with Crippen LogP contribution in [0.1, 0.15) is 19.3 Å². The van der Waals surface area contributed by atoms with Crippen molar-refractivity contribution in [2.24, 2.45) is 0 Å². The molecule has 2 aromatic heterocycles. The van der Waals surface area contributed by atoms with Gasteiger partial charge in [-0.15, -0.1) is 0 Å². The zero-order valence-corrected chi connectivity index (χ0v) is 9.00. The SMILES string of the molecule is c1ncc2nc(N3CCCCC3)ncc2n1. The van der Waals surface area contributed by atoms with Crippen molar-refractivity contribution in [1.82, 2.24) is 19.9 Å². The average Bonchev–Trinajstić information content (AvgIpc) is 2.39. The molecule has 1 aliphatic heterocycles. The number of rotatable bonds is 1. The molecule has 0 saturated carbocycles. The molecule has 0 amide bonds. The van der Waals surface area contributed by atoms with E-state index in [1.807, 2.05) is 0 Å². The molecule has 3 heterocycles. The minimum Gasteiger partial charge on any atom is -0.341 e. The number of anilines is 1. The molecule has 16 heavy (non-hydrogen) atoms. The molecule has 82 valence electrons. The van der Waals surface area contributed by atoms with Gasteiger partial charge in [-0.3, -0.25) is 0 Å². The fourth-order valence-corrected chi connectivity index (χ4v) is 2.02. The lowest BCUT2D eigenvalue weighted by molar-refractivity contribution is 0.569. The fraction of sp³-hybridized carbons (Fsp3) is 0.455. The molecular formula is C11H13N5. The Bertz CT molecular complexity index is 492. The topological polar surface area (TPSA) is 54.8 Å². The van der Waals surface area contributed by atoms with Gasteiger partial charge < -0.3 is 4.90 Å². The Kier molecular flexibility index (Phi) is 2.36. The smallest absolute Gasteiger partial charge is 0.226 e. The molecule has 1 saturated heterocycles. The summed E-state index contributed by atoms with van der Waals surface area (Å²) in [7, 11) is 0. The number of piperidine rings is 1. The number of fused-ring (bicyclic) bond motifs is 1. The van der Waals surface area contributed by atoms with E-state index in [1.165, 1.54) is 25.6 Å². The lowest BCUT2D eigenvalue weighted by Gasteiger charge is -2.26. The van der Waals surface area contributed by atoms with E-state index >= 15 is 0 Å². The van der Waals surface area contributed by atoms with E-state index < -0.39 is 0 Å². The molecule has 0 atom stereocenters. The predicted octanol–water partition coefficient (Wildman–Crippen LogP) is 1.41. The van der Waals surface area contributed by atoms with Gasteiger partial charge in [0.25, 0.3) is 0 Å². The molecule has 0 aliphatic carbocycles. The summed E-state index contributed by atoms with van der Waals surface area (Å²) in [5.41, 5.74) is 1.62. The van der Waals surface area contributed by atoms with E-state index in [4.69, 9.17) is 0 Å². The quantitative estimate of drug-likeness (QED) is 0.720. The van der Waals surface area contributed by atoms with Gasteiger partial charge in [0.05, 0.1) is 12.4 Å². The molecule has 1 fully saturated rings. The maximum absolute atomic E-state index is 4.49. The van der Waals surface area contributed by atoms with Gasteiger partial charge >= 0.3 is 0 Å². The van der Waals surface area contributed by atoms with E-state index in [-0.39, 0.29) is 0 Å². The van der Waals surface area contributed by atoms with Crippen molar-refractivity contribution in [2.45, 2.75) is 19.3 Å². The summed E-state index contributed by atoms with van der Waals surface area (Å²) in [6, 6.07) is 0. The summed E-state index contributed by atoms with van der Waals surface area (Å²) in [4.78, 5) is 19.2. The maximum atomic E-state index is 4.49. The Morgan fingerprint density at radius 3 is 2.69 bits per heavy atom. The second-order valence-corrected chi connectivity index (χ2v) is 4.01. The van der Waals surface area contributed by atoms with Gasteiger partial charge in [-0.2, -0.15) is 0 Å². The van der Waals surface area contributed by atoms with Crippen LogP contribution in [-0.4, -0.2) is 33.0 Å². The first-order valence-corrected chi connectivity index (χ1v) is 5.61. The first-order valence-electron chi connectivity index (χ1n) is 5.61. The van der Waals surface area contributed by atoms with Crippen LogP contribution in [0.15, 0.2) is 18.7 Å². The van der Waals surface area contributed by atoms with Crippen LogP contribution in [0.3, 0.4) is 0 Å². The summed E-state index contributed by atoms with van der Waals surface area (Å²) >= 11 is 0. The summed E-state index contributed by atoms with van der Waals surface area (Å²) in [5, 5.41) is 0. The van der Waals surface area contributed by atoms with Gasteiger partial charge in [0.15, 0.2) is 0 Å². The Labute approximate surface area is 93.6 Å². The van der Waals surface area contributed by atoms with Crippen molar-refractivity contribution in [1.29, 1.82) is 0 Å². The van der Waals surface area contributed by atoms with Gasteiger partial charge in [0, 0.05) is 13.1 Å². The van der Waals surface area contributed by atoms with Crippen LogP contribution in [-0.2, 0) is 0 Å². The zero-order chi connectivity index (χ0) is 10.8. The van der Waals surface area contributed by atoms with Crippen LogP contribution < -0.4 is 4.90 Å². The van der Waals surface area contributed by atoms with Crippen molar-refractivity contribution in [3.63, 3.8) is 0 Å². The highest BCUT2D eigenvalue weighted by atomic mass is 15.2. The van der Waals surface area contributed by atoms with Gasteiger partial charge in [-0.05, 0) is 19.3 Å². The largest absolute Gasteiger partial charge is 0.341 e. The van der Waals surface area contributed by atoms with Gasteiger partial charge in [0.2, 0.25) is 5.95 Å². The molecule has 0 radical (unpaired) electrons. The Morgan fingerprint density at radius 2 is 1.81 bits per heavy atom. The van der Waals surface area contributed by atoms with Crippen LogP contribution in [0.25, 0.3) is 11.0 Å². The molecule has 1 aliphatic rings. The predicted molar refractivity (Wildman–Crippen MR) is 61.2 cm³/mol. The highest BCUT2D eigenvalue weighted by Gasteiger charge is 2.13. The molecule has 0 aromatic carbocycles. The summed E-state index contributed by atoms with van der Waals surface area (Å²) in [6.07, 6.45) is 8.80. The van der Waals surface area contributed by atoms with Crippen LogP contribution in [0, 0.1) is 0 Å². The number of hydrogen-bond acceptors (Lipinski definition) is 5. The van der Waals surface area contributed by atoms with Crippen molar-refractivity contribution < 1.29 is 0 Å². The number of aromatic nitrogens is 4. The molecule has 2 aromatic rings. The van der Waals surface area contributed by atoms with E-state index in [0.717, 1.165) is 30.1 Å². The maximum Gasteiger partial charge on any atom is 0.226 e. The molecule has 0 spiro atoms. The third-order valence-corrected chi connectivity index (χ3v) is 2.88. The third kappa shape index (κ3) is 1.68. The molecule has 5 heteroatoms. The van der Waals surface area contributed by atoms with Crippen LogP contribution in [0.2, 0.25) is 0 Å². The molecule has 0 unspecified atom stereocenters. The van der Waals surface area contributed by atoms with Crippen molar-refractivity contribution in [3.05, 3.63) is 18.7 Å². The van der Waals surface area contributed by atoms with Crippen molar-refractivity contribution in [2.75, 3.05) is 18.0 Å². The van der Waals surface area contributed by atoms with E-state index in [0.29, 0.717) is 0 Å². The fourth-order valence-electron chi connectivity index (χ4n) is 2.02. The van der Waals surface area contributed by atoms with Gasteiger partial charge in [-0.25, -0.2) is 19.9 Å².